The van der Waals surface area contributed by atoms with Crippen LogP contribution in [0.2, 0.25) is 0 Å². The summed E-state index contributed by atoms with van der Waals surface area (Å²) < 4.78 is 0.881. The first-order chi connectivity index (χ1) is 5.29. The van der Waals surface area contributed by atoms with Crippen molar-refractivity contribution in [3.8, 4) is 0 Å². The van der Waals surface area contributed by atoms with E-state index < -0.39 is 0 Å². The van der Waals surface area contributed by atoms with E-state index in [1.165, 1.54) is 0 Å². The van der Waals surface area contributed by atoms with E-state index in [0.29, 0.717) is 0 Å². The molecule has 0 saturated heterocycles. The van der Waals surface area contributed by atoms with Crippen molar-refractivity contribution in [3.63, 3.8) is 0 Å². The molecule has 2 heterocycles. The Hall–Kier alpha value is -0.900. The van der Waals surface area contributed by atoms with Gasteiger partial charge in [-0.05, 0) is 28.4 Å². The van der Waals surface area contributed by atoms with E-state index in [1.54, 1.807) is 12.4 Å². The van der Waals surface area contributed by atoms with Crippen molar-refractivity contribution in [3.05, 3.63) is 22.6 Å². The van der Waals surface area contributed by atoms with Crippen LogP contribution in [-0.2, 0) is 0 Å². The van der Waals surface area contributed by atoms with Gasteiger partial charge in [0.2, 0.25) is 0 Å². The predicted molar refractivity (Wildman–Crippen MR) is 46.3 cm³/mol. The van der Waals surface area contributed by atoms with Gasteiger partial charge in [-0.25, -0.2) is 4.98 Å². The number of aromatic amines is 1. The molecule has 0 aromatic carbocycles. The van der Waals surface area contributed by atoms with Crippen LogP contribution in [-0.4, -0.2) is 15.2 Å². The molecule has 0 unspecified atom stereocenters. The molecule has 0 spiro atoms. The molecule has 0 aliphatic carbocycles. The second kappa shape index (κ2) is 2.30. The molecular weight excluding hydrogens is 206 g/mol. The minimum atomic E-state index is 0.881. The molecule has 0 saturated carbocycles. The fraction of sp³-hybridized carbons (Fsp3) is 0.143. The Kier molecular flexibility index (Phi) is 1.42. The summed E-state index contributed by atoms with van der Waals surface area (Å²) in [5.41, 5.74) is 2.10. The number of hydrogen-bond acceptors (Lipinski definition) is 2. The molecule has 2 rings (SSSR count). The van der Waals surface area contributed by atoms with E-state index in [2.05, 4.69) is 31.1 Å². The molecule has 0 atom stereocenters. The fourth-order valence-corrected chi connectivity index (χ4v) is 1.34. The van der Waals surface area contributed by atoms with Crippen molar-refractivity contribution in [1.29, 1.82) is 0 Å². The molecule has 0 radical (unpaired) electrons. The quantitative estimate of drug-likeness (QED) is 0.678. The van der Waals surface area contributed by atoms with Gasteiger partial charge in [-0.15, -0.1) is 0 Å². The number of hydrogen-bond donors (Lipinski definition) is 1. The summed E-state index contributed by atoms with van der Waals surface area (Å²) in [6, 6.07) is 0. The van der Waals surface area contributed by atoms with Gasteiger partial charge in [0.25, 0.3) is 0 Å². The van der Waals surface area contributed by atoms with Crippen LogP contribution < -0.4 is 0 Å². The van der Waals surface area contributed by atoms with Crippen molar-refractivity contribution in [2.24, 2.45) is 0 Å². The fourth-order valence-electron chi connectivity index (χ4n) is 1.02. The zero-order chi connectivity index (χ0) is 7.84. The Labute approximate surface area is 72.0 Å². The van der Waals surface area contributed by atoms with Gasteiger partial charge in [0.05, 0.1) is 17.9 Å². The van der Waals surface area contributed by atoms with E-state index in [4.69, 9.17) is 0 Å². The van der Waals surface area contributed by atoms with Gasteiger partial charge in [0.1, 0.15) is 4.60 Å². The predicted octanol–water partition coefficient (Wildman–Crippen LogP) is 2.03. The van der Waals surface area contributed by atoms with Gasteiger partial charge in [0.15, 0.2) is 0 Å². The van der Waals surface area contributed by atoms with Gasteiger partial charge in [-0.1, -0.05) is 0 Å². The first-order valence-corrected chi connectivity index (χ1v) is 4.02. The van der Waals surface area contributed by atoms with Gasteiger partial charge in [-0.2, -0.15) is 5.10 Å². The van der Waals surface area contributed by atoms with Crippen molar-refractivity contribution in [1.82, 2.24) is 15.2 Å². The van der Waals surface area contributed by atoms with E-state index in [1.807, 2.05) is 6.92 Å². The van der Waals surface area contributed by atoms with Crippen LogP contribution in [0.3, 0.4) is 0 Å². The summed E-state index contributed by atoms with van der Waals surface area (Å²) in [6.45, 7) is 2.01. The summed E-state index contributed by atoms with van der Waals surface area (Å²) in [5.74, 6) is 0. The van der Waals surface area contributed by atoms with Crippen molar-refractivity contribution in [2.45, 2.75) is 6.92 Å². The zero-order valence-corrected chi connectivity index (χ0v) is 7.51. The average Bonchev–Trinajstić information content (AvgIpc) is 2.45. The number of rotatable bonds is 0. The molecule has 0 amide bonds. The third-order valence-corrected chi connectivity index (χ3v) is 2.49. The Balaban J connectivity index is 2.93. The van der Waals surface area contributed by atoms with Crippen LogP contribution in [0.15, 0.2) is 17.0 Å². The van der Waals surface area contributed by atoms with E-state index >= 15 is 0 Å². The van der Waals surface area contributed by atoms with Crippen LogP contribution in [0.5, 0.6) is 0 Å². The van der Waals surface area contributed by atoms with Gasteiger partial charge < -0.3 is 0 Å². The van der Waals surface area contributed by atoms with Crippen LogP contribution in [0.4, 0.5) is 0 Å². The highest BCUT2D eigenvalue weighted by Crippen LogP contribution is 2.20. The summed E-state index contributed by atoms with van der Waals surface area (Å²) >= 11 is 3.35. The lowest BCUT2D eigenvalue weighted by molar-refractivity contribution is 1.11. The molecule has 2 aromatic rings. The summed E-state index contributed by atoms with van der Waals surface area (Å²) in [7, 11) is 0. The van der Waals surface area contributed by atoms with Gasteiger partial charge >= 0.3 is 0 Å². The number of fused-ring (bicyclic) bond motifs is 1. The first kappa shape index (κ1) is 6.79. The Morgan fingerprint density at radius 2 is 2.27 bits per heavy atom. The molecule has 0 aliphatic heterocycles. The molecule has 56 valence electrons. The molecule has 4 heteroatoms. The smallest absolute Gasteiger partial charge is 0.109 e. The number of nitrogens with one attached hydrogen (secondary N) is 1. The largest absolute Gasteiger partial charge is 0.276 e. The average molecular weight is 212 g/mol. The van der Waals surface area contributed by atoms with E-state index in [0.717, 1.165) is 21.1 Å². The highest BCUT2D eigenvalue weighted by molar-refractivity contribution is 9.10. The second-order valence-corrected chi connectivity index (χ2v) is 3.12. The summed E-state index contributed by atoms with van der Waals surface area (Å²) in [5, 5.41) is 7.89. The molecule has 11 heavy (non-hydrogen) atoms. The minimum Gasteiger partial charge on any atom is -0.276 e. The van der Waals surface area contributed by atoms with E-state index in [-0.39, 0.29) is 0 Å². The molecular formula is C7H6BrN3. The Morgan fingerprint density at radius 3 is 3.09 bits per heavy atom. The zero-order valence-electron chi connectivity index (χ0n) is 5.93. The summed E-state index contributed by atoms with van der Waals surface area (Å²) in [6.07, 6.45) is 3.57. The standard InChI is InChI=1S/C7H6BrN3/c1-4-5-2-10-11-6(5)3-9-7(4)8/h2-3H,1H3,(H,10,11). The number of nitrogens with zero attached hydrogens (tertiary/aromatic N) is 2. The number of aromatic nitrogens is 3. The first-order valence-electron chi connectivity index (χ1n) is 3.23. The highest BCUT2D eigenvalue weighted by atomic mass is 79.9. The SMILES string of the molecule is Cc1c(Br)ncc2[nH]ncc12. The molecule has 3 nitrogen and oxygen atoms in total. The Morgan fingerprint density at radius 1 is 1.45 bits per heavy atom. The van der Waals surface area contributed by atoms with Crippen LogP contribution in [0.25, 0.3) is 10.9 Å². The number of halogens is 1. The number of pyridine rings is 1. The molecule has 0 aliphatic rings. The lowest BCUT2D eigenvalue weighted by atomic mass is 10.2. The van der Waals surface area contributed by atoms with E-state index in [9.17, 15) is 0 Å². The van der Waals surface area contributed by atoms with Crippen LogP contribution >= 0.6 is 15.9 Å². The lowest BCUT2D eigenvalue weighted by Crippen LogP contribution is -1.81. The highest BCUT2D eigenvalue weighted by Gasteiger charge is 2.02. The molecule has 0 fully saturated rings. The summed E-state index contributed by atoms with van der Waals surface area (Å²) in [4.78, 5) is 4.12. The van der Waals surface area contributed by atoms with Gasteiger partial charge in [-0.3, -0.25) is 5.10 Å². The normalized spacial score (nSPS) is 10.7. The minimum absolute atomic E-state index is 0.881. The monoisotopic (exact) mass is 211 g/mol. The van der Waals surface area contributed by atoms with Crippen molar-refractivity contribution < 1.29 is 0 Å². The number of H-pyrrole nitrogens is 1. The van der Waals surface area contributed by atoms with Crippen molar-refractivity contribution in [2.75, 3.05) is 0 Å². The van der Waals surface area contributed by atoms with Crippen LogP contribution in [0.1, 0.15) is 5.56 Å². The third kappa shape index (κ3) is 0.939. The maximum atomic E-state index is 4.12. The Bertz CT molecular complexity index is 393. The molecule has 2 aromatic heterocycles. The van der Waals surface area contributed by atoms with Crippen LogP contribution in [0, 0.1) is 6.92 Å². The topological polar surface area (TPSA) is 41.6 Å². The maximum absolute atomic E-state index is 4.12. The number of aryl methyl sites for hydroxylation is 1. The van der Waals surface area contributed by atoms with Gasteiger partial charge in [0, 0.05) is 5.39 Å². The third-order valence-electron chi connectivity index (χ3n) is 1.69. The van der Waals surface area contributed by atoms with Crippen molar-refractivity contribution >= 4 is 26.8 Å². The lowest BCUT2D eigenvalue weighted by Gasteiger charge is -1.95. The maximum Gasteiger partial charge on any atom is 0.109 e. The second-order valence-electron chi connectivity index (χ2n) is 2.37. The molecule has 1 N–H and O–H groups in total. The molecule has 0 bridgehead atoms.